The number of H-pyrrole nitrogens is 1. The van der Waals surface area contributed by atoms with Gasteiger partial charge in [0.05, 0.1) is 22.7 Å². The summed E-state index contributed by atoms with van der Waals surface area (Å²) >= 11 is 0. The first-order chi connectivity index (χ1) is 16.2. The van der Waals surface area contributed by atoms with Crippen LogP contribution in [-0.4, -0.2) is 70.5 Å². The minimum Gasteiger partial charge on any atom is -0.336 e. The molecule has 3 heterocycles. The van der Waals surface area contributed by atoms with Gasteiger partial charge in [0.2, 0.25) is 0 Å². The lowest BCUT2D eigenvalue weighted by Crippen LogP contribution is -2.57. The van der Waals surface area contributed by atoms with Crippen molar-refractivity contribution in [3.63, 3.8) is 0 Å². The number of amides is 1. The van der Waals surface area contributed by atoms with Crippen LogP contribution < -0.4 is 10.9 Å². The van der Waals surface area contributed by atoms with Crippen LogP contribution in [0.15, 0.2) is 47.3 Å². The zero-order valence-electron chi connectivity index (χ0n) is 17.9. The molecule has 0 aliphatic carbocycles. The molecule has 0 spiro atoms. The Balaban J connectivity index is 1.40. The van der Waals surface area contributed by atoms with Gasteiger partial charge in [-0.25, -0.2) is 9.49 Å². The highest BCUT2D eigenvalue weighted by atomic mass is 19.4. The molecule has 11 heteroatoms. The highest BCUT2D eigenvalue weighted by molar-refractivity contribution is 5.95. The molecule has 1 amide bonds. The summed E-state index contributed by atoms with van der Waals surface area (Å²) in [7, 11) is 0. The minimum absolute atomic E-state index is 0.0981. The van der Waals surface area contributed by atoms with Crippen molar-refractivity contribution in [2.24, 2.45) is 0 Å². The summed E-state index contributed by atoms with van der Waals surface area (Å²) in [6.07, 6.45) is -4.21. The van der Waals surface area contributed by atoms with Gasteiger partial charge in [-0.05, 0) is 23.8 Å². The van der Waals surface area contributed by atoms with Crippen molar-refractivity contribution in [3.05, 3.63) is 75.5 Å². The van der Waals surface area contributed by atoms with E-state index in [0.717, 1.165) is 0 Å². The topological polar surface area (TPSA) is 81.3 Å². The van der Waals surface area contributed by atoms with Crippen molar-refractivity contribution in [3.8, 4) is 0 Å². The SMILES string of the molecule is O=C(c1cc(Cc2n[nH]c(=O)c3ccccc23)ccc1F)N1CCN2CNC(C(F)(F)F)C2C1. The Kier molecular flexibility index (Phi) is 5.61. The predicted molar refractivity (Wildman–Crippen MR) is 116 cm³/mol. The van der Waals surface area contributed by atoms with Crippen LogP contribution in [0.1, 0.15) is 21.6 Å². The zero-order valence-corrected chi connectivity index (χ0v) is 17.9. The Hall–Kier alpha value is -3.31. The van der Waals surface area contributed by atoms with E-state index in [1.165, 1.54) is 23.1 Å². The molecule has 178 valence electrons. The van der Waals surface area contributed by atoms with Crippen molar-refractivity contribution in [1.29, 1.82) is 0 Å². The number of nitrogens with one attached hydrogen (secondary N) is 2. The Morgan fingerprint density at radius 2 is 1.88 bits per heavy atom. The third kappa shape index (κ3) is 4.05. The van der Waals surface area contributed by atoms with E-state index in [-0.39, 0.29) is 43.8 Å². The maximum atomic E-state index is 14.6. The smallest absolute Gasteiger partial charge is 0.336 e. The molecule has 3 aromatic rings. The molecule has 2 aromatic carbocycles. The molecule has 5 rings (SSSR count). The zero-order chi connectivity index (χ0) is 24.0. The largest absolute Gasteiger partial charge is 0.405 e. The number of rotatable bonds is 3. The number of aromatic amines is 1. The summed E-state index contributed by atoms with van der Waals surface area (Å²) in [5.74, 6) is -1.39. The predicted octanol–water partition coefficient (Wildman–Crippen LogP) is 2.27. The Labute approximate surface area is 191 Å². The maximum absolute atomic E-state index is 14.6. The number of carbonyl (C=O) groups is 1. The molecule has 2 fully saturated rings. The van der Waals surface area contributed by atoms with E-state index in [1.807, 2.05) is 0 Å². The monoisotopic (exact) mass is 475 g/mol. The van der Waals surface area contributed by atoms with Gasteiger partial charge in [-0.15, -0.1) is 0 Å². The van der Waals surface area contributed by atoms with Gasteiger partial charge in [-0.2, -0.15) is 18.3 Å². The van der Waals surface area contributed by atoms with Crippen LogP contribution in [0.2, 0.25) is 0 Å². The molecular formula is C23H21F4N5O2. The first-order valence-corrected chi connectivity index (χ1v) is 10.8. The van der Waals surface area contributed by atoms with Crippen molar-refractivity contribution in [1.82, 2.24) is 25.3 Å². The van der Waals surface area contributed by atoms with Gasteiger partial charge in [0.15, 0.2) is 0 Å². The molecule has 0 bridgehead atoms. The van der Waals surface area contributed by atoms with Crippen LogP contribution in [-0.2, 0) is 6.42 Å². The molecule has 2 N–H and O–H groups in total. The first-order valence-electron chi connectivity index (χ1n) is 10.8. The number of alkyl halides is 3. The fraction of sp³-hybridized carbons (Fsp3) is 0.348. The van der Waals surface area contributed by atoms with Crippen molar-refractivity contribution in [2.45, 2.75) is 24.7 Å². The number of hydrogen-bond donors (Lipinski definition) is 2. The second-order valence-corrected chi connectivity index (χ2v) is 8.55. The van der Waals surface area contributed by atoms with Crippen molar-refractivity contribution < 1.29 is 22.4 Å². The molecule has 2 atom stereocenters. The number of benzene rings is 2. The number of hydrogen-bond acceptors (Lipinski definition) is 5. The summed E-state index contributed by atoms with van der Waals surface area (Å²) in [5, 5.41) is 10.1. The summed E-state index contributed by atoms with van der Waals surface area (Å²) in [5.41, 5.74) is 0.615. The number of nitrogens with zero attached hydrogens (tertiary/aromatic N) is 3. The van der Waals surface area contributed by atoms with E-state index in [9.17, 15) is 27.2 Å². The van der Waals surface area contributed by atoms with Crippen LogP contribution in [0.25, 0.3) is 10.8 Å². The van der Waals surface area contributed by atoms with E-state index < -0.39 is 30.0 Å². The van der Waals surface area contributed by atoms with Crippen molar-refractivity contribution in [2.75, 3.05) is 26.3 Å². The summed E-state index contributed by atoms with van der Waals surface area (Å²) in [4.78, 5) is 28.1. The Bertz CT molecular complexity index is 1310. The fourth-order valence-electron chi connectivity index (χ4n) is 4.75. The van der Waals surface area contributed by atoms with Crippen LogP contribution in [0.4, 0.5) is 17.6 Å². The lowest BCUT2D eigenvalue weighted by Gasteiger charge is -2.39. The lowest BCUT2D eigenvalue weighted by atomic mass is 10.0. The van der Waals surface area contributed by atoms with Crippen LogP contribution in [0.5, 0.6) is 0 Å². The van der Waals surface area contributed by atoms with Gasteiger partial charge < -0.3 is 4.90 Å². The fourth-order valence-corrected chi connectivity index (χ4v) is 4.75. The third-order valence-corrected chi connectivity index (χ3v) is 6.48. The second-order valence-electron chi connectivity index (χ2n) is 8.55. The minimum atomic E-state index is -4.44. The number of carbonyl (C=O) groups excluding carboxylic acids is 1. The highest BCUT2D eigenvalue weighted by Gasteiger charge is 2.52. The van der Waals surface area contributed by atoms with Gasteiger partial charge in [0.25, 0.3) is 11.5 Å². The second kappa shape index (κ2) is 8.48. The molecule has 1 aromatic heterocycles. The molecule has 2 saturated heterocycles. The standard InChI is InChI=1S/C23H21F4N5O2/c24-17-6-5-13(10-18-14-3-1-2-4-15(14)21(33)30-29-18)9-16(17)22(34)31-7-8-32-12-28-20(19(32)11-31)23(25,26)27/h1-6,9,19-20,28H,7-8,10-12H2,(H,30,33). The number of aromatic nitrogens is 2. The average Bonchev–Trinajstić information content (AvgIpc) is 3.26. The molecule has 34 heavy (non-hydrogen) atoms. The van der Waals surface area contributed by atoms with Gasteiger partial charge in [-0.3, -0.25) is 19.8 Å². The third-order valence-electron chi connectivity index (χ3n) is 6.48. The summed E-state index contributed by atoms with van der Waals surface area (Å²) in [6.45, 7) is 0.425. The normalized spacial score (nSPS) is 21.1. The summed E-state index contributed by atoms with van der Waals surface area (Å²) < 4.78 is 54.7. The quantitative estimate of drug-likeness (QED) is 0.569. The molecule has 0 radical (unpaired) electrons. The summed E-state index contributed by atoms with van der Waals surface area (Å²) in [6, 6.07) is 8.38. The highest BCUT2D eigenvalue weighted by Crippen LogP contribution is 2.31. The van der Waals surface area contributed by atoms with Gasteiger partial charge in [0.1, 0.15) is 11.9 Å². The molecular weight excluding hydrogens is 454 g/mol. The molecule has 7 nitrogen and oxygen atoms in total. The Morgan fingerprint density at radius 1 is 1.12 bits per heavy atom. The number of halogens is 4. The number of piperazine rings is 1. The lowest BCUT2D eigenvalue weighted by molar-refractivity contribution is -0.160. The average molecular weight is 475 g/mol. The van der Waals surface area contributed by atoms with Crippen LogP contribution in [0, 0.1) is 5.82 Å². The van der Waals surface area contributed by atoms with Gasteiger partial charge in [0, 0.05) is 38.1 Å². The van der Waals surface area contributed by atoms with Gasteiger partial charge >= 0.3 is 6.18 Å². The van der Waals surface area contributed by atoms with Crippen LogP contribution >= 0.6 is 0 Å². The van der Waals surface area contributed by atoms with E-state index in [1.54, 1.807) is 29.2 Å². The maximum Gasteiger partial charge on any atom is 0.405 e. The Morgan fingerprint density at radius 3 is 2.65 bits per heavy atom. The van der Waals surface area contributed by atoms with E-state index in [2.05, 4.69) is 15.5 Å². The number of fused-ring (bicyclic) bond motifs is 2. The van der Waals surface area contributed by atoms with Crippen LogP contribution in [0.3, 0.4) is 0 Å². The van der Waals surface area contributed by atoms with Gasteiger partial charge in [-0.1, -0.05) is 24.3 Å². The van der Waals surface area contributed by atoms with E-state index >= 15 is 0 Å². The van der Waals surface area contributed by atoms with E-state index in [0.29, 0.717) is 22.0 Å². The van der Waals surface area contributed by atoms with E-state index in [4.69, 9.17) is 0 Å². The van der Waals surface area contributed by atoms with Crippen molar-refractivity contribution >= 4 is 16.7 Å². The molecule has 2 unspecified atom stereocenters. The first kappa shape index (κ1) is 22.5. The molecule has 0 saturated carbocycles. The molecule has 2 aliphatic rings. The molecule has 2 aliphatic heterocycles.